The smallest absolute Gasteiger partial charge is 0.254 e. The molecule has 0 fully saturated rings. The molecule has 0 atom stereocenters. The highest BCUT2D eigenvalue weighted by Gasteiger charge is 2.08. The molecule has 1 aromatic heterocycles. The molecule has 5 heteroatoms. The molecule has 0 aliphatic heterocycles. The van der Waals surface area contributed by atoms with E-state index >= 15 is 0 Å². The van der Waals surface area contributed by atoms with Gasteiger partial charge in [0.1, 0.15) is 0 Å². The van der Waals surface area contributed by atoms with Crippen molar-refractivity contribution >= 4 is 17.7 Å². The summed E-state index contributed by atoms with van der Waals surface area (Å²) in [5.74, 6) is 0.898. The number of aromatic nitrogens is 2. The third kappa shape index (κ3) is 4.49. The van der Waals surface area contributed by atoms with Crippen LogP contribution in [0.15, 0.2) is 78.0 Å². The van der Waals surface area contributed by atoms with Gasteiger partial charge in [-0.05, 0) is 36.4 Å². The average Bonchev–Trinajstić information content (AvgIpc) is 3.13. The van der Waals surface area contributed by atoms with Crippen molar-refractivity contribution in [3.8, 4) is 5.69 Å². The van der Waals surface area contributed by atoms with E-state index in [-0.39, 0.29) is 5.91 Å². The Morgan fingerprint density at radius 1 is 1.04 bits per heavy atom. The fourth-order valence-electron chi connectivity index (χ4n) is 2.24. The van der Waals surface area contributed by atoms with E-state index in [1.54, 1.807) is 28.8 Å². The maximum Gasteiger partial charge on any atom is 0.254 e. The van der Waals surface area contributed by atoms with Crippen molar-refractivity contribution in [1.82, 2.24) is 15.1 Å². The Kier molecular flexibility index (Phi) is 5.69. The zero-order valence-corrected chi connectivity index (χ0v) is 14.1. The number of hydrogen-bond acceptors (Lipinski definition) is 3. The number of thioether (sulfide) groups is 1. The lowest BCUT2D eigenvalue weighted by atomic mass is 10.3. The van der Waals surface area contributed by atoms with E-state index in [4.69, 9.17) is 0 Å². The first kappa shape index (κ1) is 16.3. The molecular weight excluding hydrogens is 318 g/mol. The van der Waals surface area contributed by atoms with Crippen LogP contribution in [0.5, 0.6) is 0 Å². The number of benzene rings is 2. The fourth-order valence-corrected chi connectivity index (χ4v) is 3.12. The van der Waals surface area contributed by atoms with Gasteiger partial charge in [-0.15, -0.1) is 11.8 Å². The predicted molar refractivity (Wildman–Crippen MR) is 97.7 cm³/mol. The Morgan fingerprint density at radius 3 is 2.50 bits per heavy atom. The minimum absolute atomic E-state index is 0.0816. The molecule has 0 radical (unpaired) electrons. The minimum atomic E-state index is -0.0816. The summed E-state index contributed by atoms with van der Waals surface area (Å²) in [5.41, 5.74) is 1.52. The monoisotopic (exact) mass is 337 g/mol. The van der Waals surface area contributed by atoms with E-state index in [0.29, 0.717) is 12.1 Å². The highest BCUT2D eigenvalue weighted by molar-refractivity contribution is 7.99. The van der Waals surface area contributed by atoms with Gasteiger partial charge in [0.25, 0.3) is 5.91 Å². The summed E-state index contributed by atoms with van der Waals surface area (Å²) in [6, 6.07) is 20.0. The van der Waals surface area contributed by atoms with Crippen LogP contribution in [0.4, 0.5) is 0 Å². The zero-order chi connectivity index (χ0) is 16.6. The number of para-hydroxylation sites is 1. The first-order valence-corrected chi connectivity index (χ1v) is 8.87. The number of amides is 1. The molecule has 0 saturated carbocycles. The van der Waals surface area contributed by atoms with E-state index in [2.05, 4.69) is 22.5 Å². The average molecular weight is 337 g/mol. The van der Waals surface area contributed by atoms with Crippen molar-refractivity contribution in [2.24, 2.45) is 0 Å². The molecule has 4 nitrogen and oxygen atoms in total. The normalized spacial score (nSPS) is 10.5. The summed E-state index contributed by atoms with van der Waals surface area (Å²) in [6.07, 6.45) is 4.28. The predicted octanol–water partition coefficient (Wildman–Crippen LogP) is 3.78. The number of hydrogen-bond donors (Lipinski definition) is 1. The molecule has 1 heterocycles. The van der Waals surface area contributed by atoms with Gasteiger partial charge in [0.2, 0.25) is 0 Å². The molecule has 3 aromatic rings. The van der Waals surface area contributed by atoms with Crippen LogP contribution in [-0.2, 0) is 0 Å². The van der Waals surface area contributed by atoms with Crippen molar-refractivity contribution in [2.75, 3.05) is 12.3 Å². The lowest BCUT2D eigenvalue weighted by Crippen LogP contribution is -2.24. The first-order valence-electron chi connectivity index (χ1n) is 7.89. The molecule has 0 spiro atoms. The van der Waals surface area contributed by atoms with E-state index in [0.717, 1.165) is 17.9 Å². The molecule has 0 bridgehead atoms. The summed E-state index contributed by atoms with van der Waals surface area (Å²) in [7, 11) is 0. The van der Waals surface area contributed by atoms with Crippen LogP contribution < -0.4 is 5.32 Å². The van der Waals surface area contributed by atoms with Gasteiger partial charge in [-0.2, -0.15) is 5.10 Å². The van der Waals surface area contributed by atoms with Gasteiger partial charge in [0.15, 0.2) is 0 Å². The van der Waals surface area contributed by atoms with Crippen LogP contribution in [0.3, 0.4) is 0 Å². The standard InChI is InChI=1S/C19H19N3OS/c23-19(20-12-7-13-24-18-10-5-2-6-11-18)16-14-21-22(15-16)17-8-3-1-4-9-17/h1-6,8-11,14-15H,7,12-13H2,(H,20,23). The molecule has 122 valence electrons. The minimum Gasteiger partial charge on any atom is -0.352 e. The maximum absolute atomic E-state index is 12.2. The third-order valence-corrected chi connectivity index (χ3v) is 4.58. The molecule has 0 aliphatic carbocycles. The van der Waals surface area contributed by atoms with Crippen molar-refractivity contribution < 1.29 is 4.79 Å². The topological polar surface area (TPSA) is 46.9 Å². The molecule has 0 aliphatic rings. The Morgan fingerprint density at radius 2 is 1.75 bits per heavy atom. The second-order valence-corrected chi connectivity index (χ2v) is 6.45. The fraction of sp³-hybridized carbons (Fsp3) is 0.158. The summed E-state index contributed by atoms with van der Waals surface area (Å²) < 4.78 is 1.71. The highest BCUT2D eigenvalue weighted by Crippen LogP contribution is 2.17. The molecule has 2 aromatic carbocycles. The molecule has 24 heavy (non-hydrogen) atoms. The molecule has 0 unspecified atom stereocenters. The van der Waals surface area contributed by atoms with Gasteiger partial charge in [-0.25, -0.2) is 4.68 Å². The molecular formula is C19H19N3OS. The Hall–Kier alpha value is -2.53. The van der Waals surface area contributed by atoms with Crippen molar-refractivity contribution in [3.63, 3.8) is 0 Å². The van der Waals surface area contributed by atoms with Crippen molar-refractivity contribution in [3.05, 3.63) is 78.6 Å². The van der Waals surface area contributed by atoms with Crippen LogP contribution in [-0.4, -0.2) is 28.0 Å². The van der Waals surface area contributed by atoms with E-state index in [9.17, 15) is 4.79 Å². The van der Waals surface area contributed by atoms with E-state index in [1.807, 2.05) is 48.5 Å². The summed E-state index contributed by atoms with van der Waals surface area (Å²) in [6.45, 7) is 0.662. The number of rotatable bonds is 7. The molecule has 0 saturated heterocycles. The Bertz CT molecular complexity index is 772. The van der Waals surface area contributed by atoms with Crippen LogP contribution in [0.25, 0.3) is 5.69 Å². The van der Waals surface area contributed by atoms with Gasteiger partial charge in [0.05, 0.1) is 17.4 Å². The summed E-state index contributed by atoms with van der Waals surface area (Å²) in [4.78, 5) is 13.4. The van der Waals surface area contributed by atoms with Crippen molar-refractivity contribution in [2.45, 2.75) is 11.3 Å². The van der Waals surface area contributed by atoms with Gasteiger partial charge in [-0.1, -0.05) is 36.4 Å². The number of nitrogens with one attached hydrogen (secondary N) is 1. The van der Waals surface area contributed by atoms with Crippen LogP contribution in [0, 0.1) is 0 Å². The lowest BCUT2D eigenvalue weighted by molar-refractivity contribution is 0.0954. The Labute approximate surface area is 145 Å². The van der Waals surface area contributed by atoms with Crippen molar-refractivity contribution in [1.29, 1.82) is 0 Å². The SMILES string of the molecule is O=C(NCCCSc1ccccc1)c1cnn(-c2ccccc2)c1. The number of nitrogens with zero attached hydrogens (tertiary/aromatic N) is 2. The second kappa shape index (κ2) is 8.36. The number of carbonyl (C=O) groups excluding carboxylic acids is 1. The van der Waals surface area contributed by atoms with E-state index < -0.39 is 0 Å². The van der Waals surface area contributed by atoms with Gasteiger partial charge >= 0.3 is 0 Å². The highest BCUT2D eigenvalue weighted by atomic mass is 32.2. The maximum atomic E-state index is 12.2. The molecule has 1 N–H and O–H groups in total. The largest absolute Gasteiger partial charge is 0.352 e. The van der Waals surface area contributed by atoms with Gasteiger partial charge in [-0.3, -0.25) is 4.79 Å². The Balaban J connectivity index is 1.43. The second-order valence-electron chi connectivity index (χ2n) is 5.28. The quantitative estimate of drug-likeness (QED) is 0.527. The van der Waals surface area contributed by atoms with Gasteiger partial charge in [0, 0.05) is 17.6 Å². The summed E-state index contributed by atoms with van der Waals surface area (Å²) in [5, 5.41) is 7.19. The molecule has 3 rings (SSSR count). The van der Waals surface area contributed by atoms with Gasteiger partial charge < -0.3 is 5.32 Å². The first-order chi connectivity index (χ1) is 11.8. The third-order valence-electron chi connectivity index (χ3n) is 3.48. The lowest BCUT2D eigenvalue weighted by Gasteiger charge is -2.04. The van der Waals surface area contributed by atoms with E-state index in [1.165, 1.54) is 4.90 Å². The van der Waals surface area contributed by atoms with Crippen LogP contribution in [0.2, 0.25) is 0 Å². The summed E-state index contributed by atoms with van der Waals surface area (Å²) >= 11 is 1.80. The van der Waals surface area contributed by atoms with Crippen LogP contribution in [0.1, 0.15) is 16.8 Å². The zero-order valence-electron chi connectivity index (χ0n) is 13.3. The molecule has 1 amide bonds. The number of carbonyl (C=O) groups is 1. The van der Waals surface area contributed by atoms with Crippen LogP contribution >= 0.6 is 11.8 Å².